The van der Waals surface area contributed by atoms with E-state index in [1.54, 1.807) is 13.0 Å². The van der Waals surface area contributed by atoms with E-state index in [0.29, 0.717) is 18.6 Å². The summed E-state index contributed by atoms with van der Waals surface area (Å²) in [5, 5.41) is 18.0. The normalized spacial score (nSPS) is 10.2. The average molecular weight is 364 g/mol. The highest BCUT2D eigenvalue weighted by molar-refractivity contribution is 5.92. The van der Waals surface area contributed by atoms with E-state index in [-0.39, 0.29) is 11.5 Å². The summed E-state index contributed by atoms with van der Waals surface area (Å²) in [6.07, 6.45) is 3.00. The fraction of sp³-hybridized carbons (Fsp3) is 0.381. The maximum atomic E-state index is 12.2. The van der Waals surface area contributed by atoms with Crippen LogP contribution in [0.2, 0.25) is 0 Å². The summed E-state index contributed by atoms with van der Waals surface area (Å²) in [4.78, 5) is 18.8. The van der Waals surface area contributed by atoms with Crippen LogP contribution in [0.1, 0.15) is 63.7 Å². The number of ether oxygens (including phenoxy) is 1. The van der Waals surface area contributed by atoms with E-state index in [1.807, 2.05) is 32.9 Å². The molecule has 6 nitrogen and oxygen atoms in total. The van der Waals surface area contributed by atoms with Crippen molar-refractivity contribution >= 4 is 12.0 Å². The number of nitriles is 2. The number of esters is 1. The van der Waals surface area contributed by atoms with Crippen LogP contribution in [0.4, 0.5) is 0 Å². The van der Waals surface area contributed by atoms with Gasteiger partial charge in [0.05, 0.1) is 12.2 Å². The molecule has 0 unspecified atom stereocenters. The average Bonchev–Trinajstić information content (AvgIpc) is 3.08. The molecule has 0 amide bonds. The zero-order valence-corrected chi connectivity index (χ0v) is 16.4. The number of H-pyrrole nitrogens is 2. The predicted octanol–water partition coefficient (Wildman–Crippen LogP) is 4.03. The number of aryl methyl sites for hydroxylation is 1. The third-order valence-electron chi connectivity index (χ3n) is 4.76. The van der Waals surface area contributed by atoms with Crippen LogP contribution in [0, 0.1) is 43.4 Å². The maximum absolute atomic E-state index is 12.2. The van der Waals surface area contributed by atoms with Gasteiger partial charge in [0.2, 0.25) is 0 Å². The highest BCUT2D eigenvalue weighted by Gasteiger charge is 2.21. The van der Waals surface area contributed by atoms with Gasteiger partial charge in [-0.2, -0.15) is 10.5 Å². The van der Waals surface area contributed by atoms with Gasteiger partial charge in [0, 0.05) is 29.2 Å². The monoisotopic (exact) mass is 364 g/mol. The van der Waals surface area contributed by atoms with Gasteiger partial charge in [-0.15, -0.1) is 0 Å². The molecule has 0 radical (unpaired) electrons. The molecule has 0 saturated heterocycles. The molecule has 0 aliphatic carbocycles. The fourth-order valence-electron chi connectivity index (χ4n) is 3.41. The third kappa shape index (κ3) is 3.96. The molecular weight excluding hydrogens is 340 g/mol. The molecule has 0 fully saturated rings. The van der Waals surface area contributed by atoms with Gasteiger partial charge < -0.3 is 14.7 Å². The van der Waals surface area contributed by atoms with Gasteiger partial charge >= 0.3 is 5.97 Å². The lowest BCUT2D eigenvalue weighted by molar-refractivity contribution is 0.0525. The molecule has 0 aliphatic heterocycles. The quantitative estimate of drug-likeness (QED) is 0.596. The zero-order chi connectivity index (χ0) is 20.1. The van der Waals surface area contributed by atoms with Gasteiger partial charge in [-0.05, 0) is 56.9 Å². The number of nitrogens with one attached hydrogen (secondary N) is 2. The van der Waals surface area contributed by atoms with Crippen molar-refractivity contribution in [2.24, 2.45) is 0 Å². The summed E-state index contributed by atoms with van der Waals surface area (Å²) in [6.45, 7) is 9.95. The molecule has 0 aliphatic rings. The molecule has 0 spiro atoms. The highest BCUT2D eigenvalue weighted by Crippen LogP contribution is 2.26. The van der Waals surface area contributed by atoms with Gasteiger partial charge in [0.1, 0.15) is 17.7 Å². The van der Waals surface area contributed by atoms with Crippen LogP contribution >= 0.6 is 0 Å². The Kier molecular flexibility index (Phi) is 6.26. The van der Waals surface area contributed by atoms with E-state index in [4.69, 9.17) is 15.3 Å². The Morgan fingerprint density at radius 3 is 2.30 bits per heavy atom. The van der Waals surface area contributed by atoms with Gasteiger partial charge in [-0.3, -0.25) is 0 Å². The molecule has 0 aromatic carbocycles. The Morgan fingerprint density at radius 2 is 1.74 bits per heavy atom. The maximum Gasteiger partial charge on any atom is 0.340 e. The third-order valence-corrected chi connectivity index (χ3v) is 4.76. The molecule has 2 heterocycles. The summed E-state index contributed by atoms with van der Waals surface area (Å²) in [7, 11) is 0. The molecule has 0 atom stereocenters. The highest BCUT2D eigenvalue weighted by atomic mass is 16.5. The largest absolute Gasteiger partial charge is 0.462 e. The van der Waals surface area contributed by atoms with Crippen molar-refractivity contribution in [3.05, 3.63) is 50.6 Å². The lowest BCUT2D eigenvalue weighted by Crippen LogP contribution is -2.06. The van der Waals surface area contributed by atoms with Crippen LogP contribution in [0.5, 0.6) is 0 Å². The van der Waals surface area contributed by atoms with Gasteiger partial charge in [0.25, 0.3) is 0 Å². The fourth-order valence-corrected chi connectivity index (χ4v) is 3.41. The van der Waals surface area contributed by atoms with E-state index in [2.05, 4.69) is 16.9 Å². The van der Waals surface area contributed by atoms with Crippen molar-refractivity contribution in [2.75, 3.05) is 6.61 Å². The lowest BCUT2D eigenvalue weighted by atomic mass is 10.0. The van der Waals surface area contributed by atoms with Crippen LogP contribution in [-0.4, -0.2) is 22.5 Å². The molecule has 0 bridgehead atoms. The van der Waals surface area contributed by atoms with Crippen molar-refractivity contribution in [3.63, 3.8) is 0 Å². The number of carbonyl (C=O) groups is 1. The molecule has 6 heteroatoms. The molecule has 2 N–H and O–H groups in total. The zero-order valence-electron chi connectivity index (χ0n) is 16.4. The lowest BCUT2D eigenvalue weighted by Gasteiger charge is -2.04. The Hall–Kier alpha value is -3.25. The van der Waals surface area contributed by atoms with E-state index < -0.39 is 0 Å². The first-order valence-corrected chi connectivity index (χ1v) is 8.95. The Labute approximate surface area is 159 Å². The summed E-state index contributed by atoms with van der Waals surface area (Å²) in [6, 6.07) is 3.78. The second-order valence-corrected chi connectivity index (χ2v) is 6.38. The van der Waals surface area contributed by atoms with E-state index in [9.17, 15) is 4.79 Å². The van der Waals surface area contributed by atoms with E-state index in [0.717, 1.165) is 45.9 Å². The van der Waals surface area contributed by atoms with Gasteiger partial charge in [-0.1, -0.05) is 6.92 Å². The first kappa shape index (κ1) is 20.1. The van der Waals surface area contributed by atoms with Gasteiger partial charge in [-0.25, -0.2) is 4.79 Å². The molecular formula is C21H24N4O2. The van der Waals surface area contributed by atoms with E-state index in [1.165, 1.54) is 0 Å². The second-order valence-electron chi connectivity index (χ2n) is 6.38. The van der Waals surface area contributed by atoms with Crippen LogP contribution in [0.25, 0.3) is 6.08 Å². The second kappa shape index (κ2) is 8.42. The number of nitrogens with zero attached hydrogens (tertiary/aromatic N) is 2. The Bertz CT molecular complexity index is 961. The minimum atomic E-state index is -0.315. The molecule has 2 aromatic rings. The van der Waals surface area contributed by atoms with Crippen LogP contribution in [0.15, 0.2) is 5.57 Å². The summed E-state index contributed by atoms with van der Waals surface area (Å²) in [5.41, 5.74) is 7.23. The smallest absolute Gasteiger partial charge is 0.340 e. The first-order valence-electron chi connectivity index (χ1n) is 8.95. The van der Waals surface area contributed by atoms with E-state index >= 15 is 0 Å². The van der Waals surface area contributed by atoms with Crippen molar-refractivity contribution in [1.82, 2.24) is 9.97 Å². The number of hydrogen-bond acceptors (Lipinski definition) is 4. The number of aromatic nitrogens is 2. The number of hydrogen-bond donors (Lipinski definition) is 2. The van der Waals surface area contributed by atoms with Crippen molar-refractivity contribution < 1.29 is 9.53 Å². The molecule has 2 aromatic heterocycles. The van der Waals surface area contributed by atoms with Crippen LogP contribution < -0.4 is 0 Å². The minimum Gasteiger partial charge on any atom is -0.462 e. The molecule has 140 valence electrons. The number of aromatic amines is 2. The minimum absolute atomic E-state index is 0.0602. The van der Waals surface area contributed by atoms with Crippen LogP contribution in [-0.2, 0) is 17.6 Å². The standard InChI is InChI=1S/C21H24N4O2/c1-6-16-12(3)17(8-15(10-22)11-23)25-19(16)9-18-13(4)20(14(5)24-18)21(26)27-7-2/h8,24-25H,6-7,9H2,1-5H3. The van der Waals surface area contributed by atoms with Crippen LogP contribution in [0.3, 0.4) is 0 Å². The first-order chi connectivity index (χ1) is 12.9. The summed E-state index contributed by atoms with van der Waals surface area (Å²) < 4.78 is 5.15. The topological polar surface area (TPSA) is 105 Å². The number of carbonyl (C=O) groups excluding carboxylic acids is 1. The molecule has 0 saturated carbocycles. The number of allylic oxidation sites excluding steroid dienone is 1. The number of rotatable bonds is 6. The van der Waals surface area contributed by atoms with Crippen molar-refractivity contribution in [3.8, 4) is 12.1 Å². The van der Waals surface area contributed by atoms with Gasteiger partial charge in [0.15, 0.2) is 0 Å². The Morgan fingerprint density at radius 1 is 1.07 bits per heavy atom. The SMILES string of the molecule is CCOC(=O)c1c(C)[nH]c(Cc2[nH]c(C=C(C#N)C#N)c(C)c2CC)c1C. The molecule has 2 rings (SSSR count). The summed E-state index contributed by atoms with van der Waals surface area (Å²) in [5.74, 6) is -0.315. The molecule has 27 heavy (non-hydrogen) atoms. The Balaban J connectivity index is 2.46. The van der Waals surface area contributed by atoms with Crippen molar-refractivity contribution in [2.45, 2.75) is 47.5 Å². The predicted molar refractivity (Wildman–Crippen MR) is 103 cm³/mol. The summed E-state index contributed by atoms with van der Waals surface area (Å²) >= 11 is 0. The van der Waals surface area contributed by atoms with Crippen molar-refractivity contribution in [1.29, 1.82) is 10.5 Å².